The molecule has 1 aliphatic rings. The lowest BCUT2D eigenvalue weighted by Gasteiger charge is -2.30. The molecule has 0 radical (unpaired) electrons. The first-order valence-corrected chi connectivity index (χ1v) is 5.79. The molecule has 0 aliphatic carbocycles. The van der Waals surface area contributed by atoms with Crippen molar-refractivity contribution in [2.45, 2.75) is 24.7 Å². The standard InChI is InChI=1S/C13H18N2O/c14-10-13(11-5-2-1-3-6-11)7-4-8-15-12(16)9-13/h1-3,5-6H,4,7-10,14H2,(H,15,16). The van der Waals surface area contributed by atoms with Crippen molar-refractivity contribution in [3.63, 3.8) is 0 Å². The Bertz CT molecular complexity index is 363. The molecule has 1 aromatic carbocycles. The van der Waals surface area contributed by atoms with Crippen LogP contribution in [0.4, 0.5) is 0 Å². The summed E-state index contributed by atoms with van der Waals surface area (Å²) >= 11 is 0. The van der Waals surface area contributed by atoms with E-state index in [1.165, 1.54) is 5.56 Å². The molecule has 1 atom stereocenters. The van der Waals surface area contributed by atoms with E-state index in [1.807, 2.05) is 18.2 Å². The summed E-state index contributed by atoms with van der Waals surface area (Å²) < 4.78 is 0. The SMILES string of the molecule is NCC1(c2ccccc2)CCCNC(=O)C1. The van der Waals surface area contributed by atoms with Crippen molar-refractivity contribution < 1.29 is 4.79 Å². The van der Waals surface area contributed by atoms with E-state index in [4.69, 9.17) is 5.73 Å². The number of nitrogens with two attached hydrogens (primary N) is 1. The van der Waals surface area contributed by atoms with Crippen LogP contribution in [-0.2, 0) is 10.2 Å². The smallest absolute Gasteiger partial charge is 0.220 e. The lowest BCUT2D eigenvalue weighted by Crippen LogP contribution is -2.37. The van der Waals surface area contributed by atoms with Crippen molar-refractivity contribution >= 4 is 5.91 Å². The van der Waals surface area contributed by atoms with Crippen LogP contribution >= 0.6 is 0 Å². The summed E-state index contributed by atoms with van der Waals surface area (Å²) in [7, 11) is 0. The van der Waals surface area contributed by atoms with Crippen molar-refractivity contribution in [3.8, 4) is 0 Å². The minimum atomic E-state index is -0.165. The summed E-state index contributed by atoms with van der Waals surface area (Å²) in [4.78, 5) is 11.7. The van der Waals surface area contributed by atoms with Crippen LogP contribution in [0, 0.1) is 0 Å². The zero-order valence-corrected chi connectivity index (χ0v) is 9.41. The van der Waals surface area contributed by atoms with Crippen LogP contribution in [0.5, 0.6) is 0 Å². The molecule has 3 N–H and O–H groups in total. The van der Waals surface area contributed by atoms with E-state index >= 15 is 0 Å². The lowest BCUT2D eigenvalue weighted by molar-refractivity contribution is -0.121. The second-order valence-electron chi connectivity index (χ2n) is 4.48. The molecule has 1 saturated heterocycles. The van der Waals surface area contributed by atoms with Gasteiger partial charge in [-0.2, -0.15) is 0 Å². The molecular weight excluding hydrogens is 200 g/mol. The molecule has 1 amide bonds. The Morgan fingerprint density at radius 1 is 1.31 bits per heavy atom. The molecular formula is C13H18N2O. The molecule has 1 heterocycles. The number of rotatable bonds is 2. The molecule has 1 fully saturated rings. The number of hydrogen-bond donors (Lipinski definition) is 2. The Kier molecular flexibility index (Phi) is 3.25. The summed E-state index contributed by atoms with van der Waals surface area (Å²) in [6, 6.07) is 10.2. The zero-order valence-electron chi connectivity index (χ0n) is 9.41. The maximum absolute atomic E-state index is 11.7. The third-order valence-electron chi connectivity index (χ3n) is 3.43. The molecule has 0 aromatic heterocycles. The average Bonchev–Trinajstić information content (AvgIpc) is 2.53. The van der Waals surface area contributed by atoms with Gasteiger partial charge in [-0.15, -0.1) is 0 Å². The molecule has 3 nitrogen and oxygen atoms in total. The van der Waals surface area contributed by atoms with Gasteiger partial charge in [-0.3, -0.25) is 4.79 Å². The normalized spacial score (nSPS) is 25.9. The highest BCUT2D eigenvalue weighted by Gasteiger charge is 2.34. The van der Waals surface area contributed by atoms with E-state index in [9.17, 15) is 4.79 Å². The maximum atomic E-state index is 11.7. The molecule has 1 aromatic rings. The molecule has 86 valence electrons. The van der Waals surface area contributed by atoms with E-state index in [2.05, 4.69) is 17.4 Å². The molecule has 2 rings (SSSR count). The Morgan fingerprint density at radius 3 is 2.75 bits per heavy atom. The van der Waals surface area contributed by atoms with Gasteiger partial charge in [-0.05, 0) is 18.4 Å². The van der Waals surface area contributed by atoms with E-state index in [0.29, 0.717) is 13.0 Å². The highest BCUT2D eigenvalue weighted by Crippen LogP contribution is 2.33. The molecule has 3 heteroatoms. The van der Waals surface area contributed by atoms with E-state index in [-0.39, 0.29) is 11.3 Å². The van der Waals surface area contributed by atoms with Crippen LogP contribution in [0.25, 0.3) is 0 Å². The van der Waals surface area contributed by atoms with Gasteiger partial charge in [0.1, 0.15) is 0 Å². The van der Waals surface area contributed by atoms with E-state index in [1.54, 1.807) is 0 Å². The van der Waals surface area contributed by atoms with Crippen LogP contribution in [0.1, 0.15) is 24.8 Å². The maximum Gasteiger partial charge on any atom is 0.220 e. The van der Waals surface area contributed by atoms with Crippen molar-refractivity contribution in [2.75, 3.05) is 13.1 Å². The molecule has 0 spiro atoms. The van der Waals surface area contributed by atoms with Gasteiger partial charge in [-0.1, -0.05) is 30.3 Å². The summed E-state index contributed by atoms with van der Waals surface area (Å²) in [5, 5.41) is 2.91. The van der Waals surface area contributed by atoms with Gasteiger partial charge in [0.15, 0.2) is 0 Å². The predicted molar refractivity (Wildman–Crippen MR) is 64.0 cm³/mol. The molecule has 0 bridgehead atoms. The first kappa shape index (κ1) is 11.1. The molecule has 16 heavy (non-hydrogen) atoms. The number of carbonyl (C=O) groups is 1. The van der Waals surface area contributed by atoms with Crippen LogP contribution in [0.3, 0.4) is 0 Å². The molecule has 0 saturated carbocycles. The summed E-state index contributed by atoms with van der Waals surface area (Å²) in [6.07, 6.45) is 2.48. The van der Waals surface area contributed by atoms with Crippen molar-refractivity contribution in [1.82, 2.24) is 5.32 Å². The monoisotopic (exact) mass is 218 g/mol. The lowest BCUT2D eigenvalue weighted by atomic mass is 9.74. The van der Waals surface area contributed by atoms with Crippen LogP contribution in [0.2, 0.25) is 0 Å². The van der Waals surface area contributed by atoms with Crippen molar-refractivity contribution in [1.29, 1.82) is 0 Å². The largest absolute Gasteiger partial charge is 0.356 e. The van der Waals surface area contributed by atoms with Gasteiger partial charge in [-0.25, -0.2) is 0 Å². The average molecular weight is 218 g/mol. The number of nitrogens with one attached hydrogen (secondary N) is 1. The minimum absolute atomic E-state index is 0.117. The molecule has 1 unspecified atom stereocenters. The third kappa shape index (κ3) is 2.09. The van der Waals surface area contributed by atoms with Gasteiger partial charge in [0.25, 0.3) is 0 Å². The number of benzene rings is 1. The number of carbonyl (C=O) groups excluding carboxylic acids is 1. The minimum Gasteiger partial charge on any atom is -0.356 e. The Morgan fingerprint density at radius 2 is 2.06 bits per heavy atom. The van der Waals surface area contributed by atoms with Crippen molar-refractivity contribution in [2.24, 2.45) is 5.73 Å². The fraction of sp³-hybridized carbons (Fsp3) is 0.462. The van der Waals surface area contributed by atoms with Gasteiger partial charge < -0.3 is 11.1 Å². The first-order valence-electron chi connectivity index (χ1n) is 5.79. The van der Waals surface area contributed by atoms with E-state index in [0.717, 1.165) is 19.4 Å². The quantitative estimate of drug-likeness (QED) is 0.783. The Hall–Kier alpha value is -1.35. The topological polar surface area (TPSA) is 55.1 Å². The fourth-order valence-corrected chi connectivity index (χ4v) is 2.44. The van der Waals surface area contributed by atoms with Crippen LogP contribution in [-0.4, -0.2) is 19.0 Å². The predicted octanol–water partition coefficient (Wildman–Crippen LogP) is 1.18. The van der Waals surface area contributed by atoms with Gasteiger partial charge in [0.05, 0.1) is 0 Å². The first-order chi connectivity index (χ1) is 7.77. The van der Waals surface area contributed by atoms with Crippen molar-refractivity contribution in [3.05, 3.63) is 35.9 Å². The fourth-order valence-electron chi connectivity index (χ4n) is 2.44. The molecule has 1 aliphatic heterocycles. The highest BCUT2D eigenvalue weighted by molar-refractivity contribution is 5.78. The summed E-state index contributed by atoms with van der Waals surface area (Å²) in [6.45, 7) is 1.30. The van der Waals surface area contributed by atoms with Crippen LogP contribution < -0.4 is 11.1 Å². The third-order valence-corrected chi connectivity index (χ3v) is 3.43. The van der Waals surface area contributed by atoms with Crippen LogP contribution in [0.15, 0.2) is 30.3 Å². The highest BCUT2D eigenvalue weighted by atomic mass is 16.1. The van der Waals surface area contributed by atoms with E-state index < -0.39 is 0 Å². The zero-order chi connectivity index (χ0) is 11.4. The summed E-state index contributed by atoms with van der Waals surface area (Å²) in [5.41, 5.74) is 6.95. The number of hydrogen-bond acceptors (Lipinski definition) is 2. The Balaban J connectivity index is 2.33. The van der Waals surface area contributed by atoms with Gasteiger partial charge in [0.2, 0.25) is 5.91 Å². The Labute approximate surface area is 96.0 Å². The van der Waals surface area contributed by atoms with Gasteiger partial charge in [0, 0.05) is 24.9 Å². The van der Waals surface area contributed by atoms with Gasteiger partial charge >= 0.3 is 0 Å². The number of amides is 1. The second-order valence-corrected chi connectivity index (χ2v) is 4.48. The summed E-state index contributed by atoms with van der Waals surface area (Å²) in [5.74, 6) is 0.117. The second kappa shape index (κ2) is 4.66.